The molecule has 2 atom stereocenters. The fraction of sp³-hybridized carbons (Fsp3) is 0.643. The Morgan fingerprint density at radius 3 is 2.71 bits per heavy atom. The molecule has 2 unspecified atom stereocenters. The third-order valence-electron chi connectivity index (χ3n) is 2.88. The van der Waals surface area contributed by atoms with Gasteiger partial charge in [-0.05, 0) is 30.7 Å². The maximum Gasteiger partial charge on any atom is 0.0620 e. The molecule has 1 heterocycles. The first kappa shape index (κ1) is 14.5. The topological polar surface area (TPSA) is 38.9 Å². The van der Waals surface area contributed by atoms with E-state index >= 15 is 0 Å². The standard InChI is InChI=1S/C14H24N2S/c1-3-5-8-11-17-14(12(15)4-2)13-9-6-7-10-16-13/h6-7,9-10,12,14H,3-5,8,11,15H2,1-2H3. The maximum atomic E-state index is 6.20. The van der Waals surface area contributed by atoms with Crippen LogP contribution in [0.5, 0.6) is 0 Å². The van der Waals surface area contributed by atoms with E-state index < -0.39 is 0 Å². The molecular formula is C14H24N2S. The zero-order valence-electron chi connectivity index (χ0n) is 10.9. The van der Waals surface area contributed by atoms with Crippen molar-refractivity contribution in [3.8, 4) is 0 Å². The Morgan fingerprint density at radius 2 is 2.12 bits per heavy atom. The van der Waals surface area contributed by atoms with Crippen LogP contribution in [0.15, 0.2) is 24.4 Å². The fourth-order valence-corrected chi connectivity index (χ4v) is 3.12. The van der Waals surface area contributed by atoms with E-state index in [1.165, 1.54) is 25.0 Å². The average molecular weight is 252 g/mol. The van der Waals surface area contributed by atoms with Gasteiger partial charge in [-0.25, -0.2) is 0 Å². The fourth-order valence-electron chi connectivity index (χ4n) is 1.75. The molecule has 0 bridgehead atoms. The second kappa shape index (κ2) is 8.54. The van der Waals surface area contributed by atoms with E-state index in [2.05, 4.69) is 24.9 Å². The lowest BCUT2D eigenvalue weighted by Crippen LogP contribution is -2.26. The van der Waals surface area contributed by atoms with Gasteiger partial charge < -0.3 is 5.73 Å². The summed E-state index contributed by atoms with van der Waals surface area (Å²) in [4.78, 5) is 4.45. The Kier molecular flexibility index (Phi) is 7.29. The summed E-state index contributed by atoms with van der Waals surface area (Å²) in [6, 6.07) is 6.30. The van der Waals surface area contributed by atoms with Crippen molar-refractivity contribution in [1.29, 1.82) is 0 Å². The highest BCUT2D eigenvalue weighted by molar-refractivity contribution is 7.99. The number of hydrogen-bond donors (Lipinski definition) is 1. The molecule has 1 aromatic rings. The summed E-state index contributed by atoms with van der Waals surface area (Å²) < 4.78 is 0. The van der Waals surface area contributed by atoms with Crippen LogP contribution in [0.4, 0.5) is 0 Å². The summed E-state index contributed by atoms with van der Waals surface area (Å²) >= 11 is 1.96. The monoisotopic (exact) mass is 252 g/mol. The van der Waals surface area contributed by atoms with Gasteiger partial charge >= 0.3 is 0 Å². The normalized spacial score (nSPS) is 14.5. The average Bonchev–Trinajstić information content (AvgIpc) is 2.39. The second-order valence-electron chi connectivity index (χ2n) is 4.33. The van der Waals surface area contributed by atoms with Crippen molar-refractivity contribution in [1.82, 2.24) is 4.98 Å². The van der Waals surface area contributed by atoms with Crippen LogP contribution < -0.4 is 5.73 Å². The Bertz CT molecular complexity index is 290. The number of thioether (sulfide) groups is 1. The lowest BCUT2D eigenvalue weighted by atomic mass is 10.1. The van der Waals surface area contributed by atoms with Crippen molar-refractivity contribution < 1.29 is 0 Å². The molecule has 0 aliphatic rings. The lowest BCUT2D eigenvalue weighted by Gasteiger charge is -2.21. The molecule has 0 spiro atoms. The van der Waals surface area contributed by atoms with Gasteiger partial charge in [-0.15, -0.1) is 0 Å². The summed E-state index contributed by atoms with van der Waals surface area (Å²) in [6.45, 7) is 4.38. The molecule has 0 aliphatic carbocycles. The molecule has 1 rings (SSSR count). The van der Waals surface area contributed by atoms with Gasteiger partial charge in [0.25, 0.3) is 0 Å². The summed E-state index contributed by atoms with van der Waals surface area (Å²) in [7, 11) is 0. The summed E-state index contributed by atoms with van der Waals surface area (Å²) in [5.74, 6) is 1.18. The minimum absolute atomic E-state index is 0.205. The van der Waals surface area contributed by atoms with Crippen LogP contribution in [-0.2, 0) is 0 Å². The van der Waals surface area contributed by atoms with Crippen molar-refractivity contribution in [2.75, 3.05) is 5.75 Å². The maximum absolute atomic E-state index is 6.20. The van der Waals surface area contributed by atoms with Gasteiger partial charge in [-0.2, -0.15) is 11.8 Å². The lowest BCUT2D eigenvalue weighted by molar-refractivity contribution is 0.623. The van der Waals surface area contributed by atoms with Crippen LogP contribution in [0.25, 0.3) is 0 Å². The van der Waals surface area contributed by atoms with E-state index in [4.69, 9.17) is 5.73 Å². The Balaban J connectivity index is 2.55. The predicted octanol–water partition coefficient (Wildman–Crippen LogP) is 3.78. The number of rotatable bonds is 8. The Hall–Kier alpha value is -0.540. The molecule has 0 radical (unpaired) electrons. The van der Waals surface area contributed by atoms with Gasteiger partial charge in [0.15, 0.2) is 0 Å². The first-order chi connectivity index (χ1) is 8.29. The quantitative estimate of drug-likeness (QED) is 0.716. The van der Waals surface area contributed by atoms with E-state index in [0.717, 1.165) is 12.1 Å². The molecule has 2 nitrogen and oxygen atoms in total. The van der Waals surface area contributed by atoms with Gasteiger partial charge in [0.05, 0.1) is 10.9 Å². The summed E-state index contributed by atoms with van der Waals surface area (Å²) in [5, 5.41) is 0.345. The van der Waals surface area contributed by atoms with Crippen LogP contribution >= 0.6 is 11.8 Å². The number of unbranched alkanes of at least 4 members (excludes halogenated alkanes) is 2. The highest BCUT2D eigenvalue weighted by atomic mass is 32.2. The first-order valence-electron chi connectivity index (χ1n) is 6.57. The van der Waals surface area contributed by atoms with Crippen molar-refractivity contribution in [2.24, 2.45) is 5.73 Å². The van der Waals surface area contributed by atoms with Crippen LogP contribution in [0.1, 0.15) is 50.5 Å². The Morgan fingerprint density at radius 1 is 1.29 bits per heavy atom. The highest BCUT2D eigenvalue weighted by Gasteiger charge is 2.19. The molecule has 1 aromatic heterocycles. The number of nitrogens with two attached hydrogens (primary N) is 1. The number of hydrogen-bond acceptors (Lipinski definition) is 3. The SMILES string of the molecule is CCCCCSC(c1ccccn1)C(N)CC. The van der Waals surface area contributed by atoms with Crippen LogP contribution in [-0.4, -0.2) is 16.8 Å². The predicted molar refractivity (Wildman–Crippen MR) is 77.2 cm³/mol. The van der Waals surface area contributed by atoms with Gasteiger partial charge in [0.2, 0.25) is 0 Å². The van der Waals surface area contributed by atoms with Crippen molar-refractivity contribution >= 4 is 11.8 Å². The van der Waals surface area contributed by atoms with Crippen LogP contribution in [0.2, 0.25) is 0 Å². The van der Waals surface area contributed by atoms with Gasteiger partial charge in [0, 0.05) is 12.2 Å². The van der Waals surface area contributed by atoms with Crippen molar-refractivity contribution in [3.63, 3.8) is 0 Å². The molecule has 0 aromatic carbocycles. The Labute approximate surface area is 109 Å². The van der Waals surface area contributed by atoms with Crippen LogP contribution in [0.3, 0.4) is 0 Å². The third-order valence-corrected chi connectivity index (χ3v) is 4.36. The second-order valence-corrected chi connectivity index (χ2v) is 5.57. The molecule has 17 heavy (non-hydrogen) atoms. The smallest absolute Gasteiger partial charge is 0.0620 e. The van der Waals surface area contributed by atoms with Gasteiger partial charge in [-0.3, -0.25) is 4.98 Å². The van der Waals surface area contributed by atoms with Crippen molar-refractivity contribution in [2.45, 2.75) is 50.8 Å². The highest BCUT2D eigenvalue weighted by Crippen LogP contribution is 2.31. The van der Waals surface area contributed by atoms with E-state index in [-0.39, 0.29) is 6.04 Å². The third kappa shape index (κ3) is 5.09. The zero-order chi connectivity index (χ0) is 12.5. The van der Waals surface area contributed by atoms with Crippen molar-refractivity contribution in [3.05, 3.63) is 30.1 Å². The number of nitrogens with zero attached hydrogens (tertiary/aromatic N) is 1. The molecule has 0 saturated carbocycles. The van der Waals surface area contributed by atoms with E-state index in [9.17, 15) is 0 Å². The van der Waals surface area contributed by atoms with Gasteiger partial charge in [0.1, 0.15) is 0 Å². The first-order valence-corrected chi connectivity index (χ1v) is 7.62. The summed E-state index contributed by atoms with van der Waals surface area (Å²) in [5.41, 5.74) is 7.33. The minimum atomic E-state index is 0.205. The molecule has 0 aliphatic heterocycles. The minimum Gasteiger partial charge on any atom is -0.326 e. The van der Waals surface area contributed by atoms with Gasteiger partial charge in [-0.1, -0.05) is 32.8 Å². The van der Waals surface area contributed by atoms with E-state index in [0.29, 0.717) is 5.25 Å². The molecule has 0 saturated heterocycles. The van der Waals surface area contributed by atoms with E-state index in [1.54, 1.807) is 0 Å². The molecule has 3 heteroatoms. The molecule has 0 amide bonds. The van der Waals surface area contributed by atoms with Crippen LogP contribution in [0, 0.1) is 0 Å². The summed E-state index contributed by atoms with van der Waals surface area (Å²) in [6.07, 6.45) is 6.72. The number of aromatic nitrogens is 1. The van der Waals surface area contributed by atoms with E-state index in [1.807, 2.05) is 30.1 Å². The zero-order valence-corrected chi connectivity index (χ0v) is 11.7. The molecule has 96 valence electrons. The molecular weight excluding hydrogens is 228 g/mol. The molecule has 2 N–H and O–H groups in total. The largest absolute Gasteiger partial charge is 0.326 e. The number of pyridine rings is 1. The molecule has 0 fully saturated rings.